The number of anilines is 1. The Labute approximate surface area is 176 Å². The zero-order valence-corrected chi connectivity index (χ0v) is 17.6. The van der Waals surface area contributed by atoms with E-state index in [9.17, 15) is 27.9 Å². The van der Waals surface area contributed by atoms with Crippen LogP contribution in [0.25, 0.3) is 0 Å². The monoisotopic (exact) mass is 456 g/mol. The number of β-lactam (4-membered cyclic amide) rings is 1. The predicted molar refractivity (Wildman–Crippen MR) is 109 cm³/mol. The second-order valence-corrected chi connectivity index (χ2v) is 9.51. The molecule has 0 aliphatic carbocycles. The molecule has 11 nitrogen and oxygen atoms in total. The summed E-state index contributed by atoms with van der Waals surface area (Å²) in [6, 6.07) is 3.93. The van der Waals surface area contributed by atoms with Gasteiger partial charge < -0.3 is 20.9 Å². The summed E-state index contributed by atoms with van der Waals surface area (Å²) in [5.41, 5.74) is 6.34. The van der Waals surface area contributed by atoms with Crippen molar-refractivity contribution < 1.29 is 32.6 Å². The van der Waals surface area contributed by atoms with E-state index in [4.69, 9.17) is 10.5 Å². The van der Waals surface area contributed by atoms with Crippen molar-refractivity contribution in [1.29, 1.82) is 0 Å². The van der Waals surface area contributed by atoms with Gasteiger partial charge in [-0.15, -0.1) is 11.8 Å². The van der Waals surface area contributed by atoms with Crippen LogP contribution in [0.15, 0.2) is 35.7 Å². The van der Waals surface area contributed by atoms with Crippen LogP contribution in [0, 0.1) is 0 Å². The third kappa shape index (κ3) is 4.22. The quantitative estimate of drug-likeness (QED) is 0.392. The Hall–Kier alpha value is -2.77. The van der Waals surface area contributed by atoms with Crippen LogP contribution in [0.1, 0.15) is 11.6 Å². The zero-order chi connectivity index (χ0) is 22.2. The minimum Gasteiger partial charge on any atom is -0.498 e. The minimum atomic E-state index is -3.50. The molecule has 0 saturated carbocycles. The Morgan fingerprint density at radius 3 is 2.70 bits per heavy atom. The smallest absolute Gasteiger partial charge is 0.356 e. The van der Waals surface area contributed by atoms with Gasteiger partial charge in [-0.2, -0.15) is 0 Å². The maximum Gasteiger partial charge on any atom is 0.356 e. The van der Waals surface area contributed by atoms with Gasteiger partial charge in [0.1, 0.15) is 23.2 Å². The van der Waals surface area contributed by atoms with Crippen LogP contribution in [0.5, 0.6) is 0 Å². The van der Waals surface area contributed by atoms with Crippen LogP contribution >= 0.6 is 11.8 Å². The first-order valence-corrected chi connectivity index (χ1v) is 11.6. The van der Waals surface area contributed by atoms with Gasteiger partial charge in [-0.05, 0) is 17.7 Å². The number of hydrogen-bond acceptors (Lipinski definition) is 8. The fourth-order valence-corrected chi connectivity index (χ4v) is 5.02. The Morgan fingerprint density at radius 2 is 2.10 bits per heavy atom. The molecule has 1 unspecified atom stereocenters. The summed E-state index contributed by atoms with van der Waals surface area (Å²) in [5.74, 6) is -2.10. The molecule has 3 rings (SSSR count). The highest BCUT2D eigenvalue weighted by molar-refractivity contribution is 8.00. The van der Waals surface area contributed by atoms with Crippen LogP contribution < -0.4 is 15.8 Å². The fourth-order valence-electron chi connectivity index (χ4n) is 3.15. The average Bonchev–Trinajstić information content (AvgIpc) is 2.68. The molecule has 2 heterocycles. The van der Waals surface area contributed by atoms with Crippen LogP contribution in [-0.2, 0) is 29.1 Å². The molecule has 1 aromatic rings. The molecule has 5 N–H and O–H groups in total. The molecule has 2 amide bonds. The van der Waals surface area contributed by atoms with Crippen molar-refractivity contribution in [2.24, 2.45) is 5.73 Å². The summed E-state index contributed by atoms with van der Waals surface area (Å²) < 4.78 is 30.1. The molecule has 0 aromatic heterocycles. The maximum absolute atomic E-state index is 12.6. The van der Waals surface area contributed by atoms with Crippen molar-refractivity contribution in [3.63, 3.8) is 0 Å². The lowest BCUT2D eigenvalue weighted by Gasteiger charge is -2.49. The normalized spacial score (nSPS) is 22.0. The zero-order valence-electron chi connectivity index (χ0n) is 16.0. The molecule has 0 spiro atoms. The number of carbonyl (C=O) groups is 3. The molecule has 2 aliphatic heterocycles. The van der Waals surface area contributed by atoms with Gasteiger partial charge in [0.2, 0.25) is 15.9 Å². The topological polar surface area (TPSA) is 168 Å². The van der Waals surface area contributed by atoms with Crippen LogP contribution in [0.4, 0.5) is 5.69 Å². The number of carbonyl (C=O) groups excluding carboxylic acids is 2. The van der Waals surface area contributed by atoms with Crippen molar-refractivity contribution in [2.45, 2.75) is 17.5 Å². The number of nitrogens with one attached hydrogen (secondary N) is 2. The van der Waals surface area contributed by atoms with Crippen molar-refractivity contribution in [3.8, 4) is 0 Å². The highest BCUT2D eigenvalue weighted by Gasteiger charge is 2.55. The molecule has 30 heavy (non-hydrogen) atoms. The molecule has 0 radical (unpaired) electrons. The van der Waals surface area contributed by atoms with E-state index in [1.54, 1.807) is 12.1 Å². The van der Waals surface area contributed by atoms with E-state index >= 15 is 0 Å². The second-order valence-electron chi connectivity index (χ2n) is 6.65. The molecule has 1 fully saturated rings. The number of benzene rings is 1. The third-order valence-electron chi connectivity index (χ3n) is 4.51. The molecular weight excluding hydrogens is 436 g/mol. The Kier molecular flexibility index (Phi) is 5.97. The van der Waals surface area contributed by atoms with Gasteiger partial charge in [0.05, 0.1) is 19.1 Å². The summed E-state index contributed by atoms with van der Waals surface area (Å²) in [5, 5.41) is 11.4. The highest BCUT2D eigenvalue weighted by Crippen LogP contribution is 2.40. The highest BCUT2D eigenvalue weighted by atomic mass is 32.2. The Morgan fingerprint density at radius 1 is 1.40 bits per heavy atom. The van der Waals surface area contributed by atoms with Crippen molar-refractivity contribution in [1.82, 2.24) is 10.2 Å². The number of nitrogens with two attached hydrogens (primary N) is 1. The van der Waals surface area contributed by atoms with Crippen molar-refractivity contribution in [2.75, 3.05) is 23.8 Å². The number of amides is 2. The number of nitrogens with zero attached hydrogens (tertiary/aromatic N) is 1. The standard InChI is InChI=1S/C17H20N4O7S2/c1-28-10-7-29-16-12(15(23)21(16)13(10)17(24)25)19-14(22)11(18)8-4-3-5-9(6-8)20-30(2,26)27/h3-6,11-12,16,20H,7,18H2,1-2H3,(H,19,22)(H,24,25)/t11?,12-,16-/m1/s1. The first-order chi connectivity index (χ1) is 14.0. The lowest BCUT2D eigenvalue weighted by atomic mass is 10.0. The summed E-state index contributed by atoms with van der Waals surface area (Å²) in [6.45, 7) is 0. The van der Waals surface area contributed by atoms with Crippen LogP contribution in [0.2, 0.25) is 0 Å². The molecule has 13 heteroatoms. The van der Waals surface area contributed by atoms with E-state index in [1.165, 1.54) is 31.0 Å². The van der Waals surface area contributed by atoms with E-state index in [-0.39, 0.29) is 22.9 Å². The number of ether oxygens (including phenoxy) is 1. The Bertz CT molecular complexity index is 1040. The summed E-state index contributed by atoms with van der Waals surface area (Å²) in [4.78, 5) is 37.7. The van der Waals surface area contributed by atoms with Gasteiger partial charge in [-0.25, -0.2) is 13.2 Å². The first-order valence-electron chi connectivity index (χ1n) is 8.62. The van der Waals surface area contributed by atoms with Gasteiger partial charge in [-0.3, -0.25) is 19.2 Å². The first kappa shape index (κ1) is 21.9. The van der Waals surface area contributed by atoms with Gasteiger partial charge in [0, 0.05) is 5.69 Å². The third-order valence-corrected chi connectivity index (χ3v) is 6.37. The molecule has 3 atom stereocenters. The molecule has 1 aromatic carbocycles. The predicted octanol–water partition coefficient (Wildman–Crippen LogP) is -0.600. The Balaban J connectivity index is 1.72. The number of hydrogen-bond donors (Lipinski definition) is 4. The van der Waals surface area contributed by atoms with Crippen LogP contribution in [0.3, 0.4) is 0 Å². The van der Waals surface area contributed by atoms with E-state index < -0.39 is 45.3 Å². The van der Waals surface area contributed by atoms with Gasteiger partial charge >= 0.3 is 5.97 Å². The van der Waals surface area contributed by atoms with E-state index in [0.29, 0.717) is 5.56 Å². The summed E-state index contributed by atoms with van der Waals surface area (Å²) >= 11 is 1.26. The number of carboxylic acid groups (broad SMARTS) is 1. The fraction of sp³-hybridized carbons (Fsp3) is 0.353. The molecule has 2 aliphatic rings. The lowest BCUT2D eigenvalue weighted by Crippen LogP contribution is -2.71. The number of methoxy groups -OCH3 is 1. The number of sulfonamides is 1. The van der Waals surface area contributed by atoms with E-state index in [0.717, 1.165) is 11.2 Å². The number of aliphatic carboxylic acids is 1. The number of rotatable bonds is 7. The summed E-state index contributed by atoms with van der Waals surface area (Å²) in [7, 11) is -2.17. The largest absolute Gasteiger partial charge is 0.498 e. The maximum atomic E-state index is 12.6. The summed E-state index contributed by atoms with van der Waals surface area (Å²) in [6.07, 6.45) is 0.997. The molecule has 0 bridgehead atoms. The number of fused-ring (bicyclic) bond motifs is 1. The SMILES string of the molecule is COC1=C(C(=O)O)N2C(=O)[C@@H](NC(=O)C(N)c3cccc(NS(C)(=O)=O)c3)[C@H]2SC1. The van der Waals surface area contributed by atoms with Gasteiger partial charge in [-0.1, -0.05) is 12.1 Å². The van der Waals surface area contributed by atoms with E-state index in [2.05, 4.69) is 10.0 Å². The van der Waals surface area contributed by atoms with Gasteiger partial charge in [0.25, 0.3) is 5.91 Å². The van der Waals surface area contributed by atoms with Crippen molar-refractivity contribution >= 4 is 45.3 Å². The number of carboxylic acids is 1. The second kappa shape index (κ2) is 8.16. The molecule has 162 valence electrons. The van der Waals surface area contributed by atoms with Crippen molar-refractivity contribution in [3.05, 3.63) is 41.3 Å². The lowest BCUT2D eigenvalue weighted by molar-refractivity contribution is -0.151. The molecular formula is C17H20N4O7S2. The number of thioether (sulfide) groups is 1. The van der Waals surface area contributed by atoms with Crippen LogP contribution in [-0.4, -0.2) is 66.7 Å². The van der Waals surface area contributed by atoms with Gasteiger partial charge in [0.15, 0.2) is 5.70 Å². The van der Waals surface area contributed by atoms with E-state index in [1.807, 2.05) is 0 Å². The average molecular weight is 457 g/mol. The minimum absolute atomic E-state index is 0.175. The molecule has 1 saturated heterocycles.